The molecule has 0 saturated carbocycles. The molecule has 1 aliphatic rings. The summed E-state index contributed by atoms with van der Waals surface area (Å²) in [6.45, 7) is 1.66. The van der Waals surface area contributed by atoms with E-state index in [0.29, 0.717) is 16.9 Å². The number of nitrogens with zero attached hydrogens (tertiary/aromatic N) is 2. The van der Waals surface area contributed by atoms with Crippen LogP contribution in [-0.2, 0) is 0 Å². The Labute approximate surface area is 155 Å². The highest BCUT2D eigenvalue weighted by Crippen LogP contribution is 2.29. The number of anilines is 1. The highest BCUT2D eigenvalue weighted by molar-refractivity contribution is 6.30. The van der Waals surface area contributed by atoms with Crippen LogP contribution in [0, 0.1) is 0 Å². The Bertz CT molecular complexity index is 977. The number of hydrogen-bond donors (Lipinski definition) is 3. The lowest BCUT2D eigenvalue weighted by Gasteiger charge is -2.22. The van der Waals surface area contributed by atoms with Crippen LogP contribution >= 0.6 is 11.6 Å². The average molecular weight is 368 g/mol. The van der Waals surface area contributed by atoms with Crippen LogP contribution < -0.4 is 16.4 Å². The highest BCUT2D eigenvalue weighted by Gasteiger charge is 2.29. The summed E-state index contributed by atoms with van der Waals surface area (Å²) in [5.41, 5.74) is 7.59. The molecule has 1 amide bonds. The van der Waals surface area contributed by atoms with Crippen molar-refractivity contribution in [3.63, 3.8) is 0 Å². The highest BCUT2D eigenvalue weighted by atomic mass is 35.5. The summed E-state index contributed by atoms with van der Waals surface area (Å²) in [7, 11) is 0. The fraction of sp³-hybridized carbons (Fsp3) is 0.211. The maximum absolute atomic E-state index is 11.7. The van der Waals surface area contributed by atoms with E-state index in [0.717, 1.165) is 23.5 Å². The summed E-state index contributed by atoms with van der Waals surface area (Å²) in [6.07, 6.45) is 1.45. The maximum atomic E-state index is 11.7. The minimum absolute atomic E-state index is 0.142. The van der Waals surface area contributed by atoms with E-state index >= 15 is 0 Å². The Balaban J connectivity index is 1.68. The molecule has 1 aliphatic heterocycles. The van der Waals surface area contributed by atoms with Gasteiger partial charge in [0, 0.05) is 35.5 Å². The van der Waals surface area contributed by atoms with Crippen LogP contribution in [0.15, 0.2) is 48.8 Å². The minimum Gasteiger partial charge on any atom is -0.366 e. The van der Waals surface area contributed by atoms with Gasteiger partial charge in [0.1, 0.15) is 12.1 Å². The summed E-state index contributed by atoms with van der Waals surface area (Å²) < 4.78 is 0. The number of carbonyl (C=O) groups is 1. The van der Waals surface area contributed by atoms with E-state index < -0.39 is 5.91 Å². The Morgan fingerprint density at radius 3 is 2.85 bits per heavy atom. The molecule has 0 spiro atoms. The summed E-state index contributed by atoms with van der Waals surface area (Å²) in [5.74, 6) is 0.455. The number of aromatic nitrogens is 2. The van der Waals surface area contributed by atoms with E-state index in [-0.39, 0.29) is 12.0 Å². The van der Waals surface area contributed by atoms with Gasteiger partial charge in [-0.25, -0.2) is 9.97 Å². The third-order valence-corrected chi connectivity index (χ3v) is 4.98. The molecule has 0 aliphatic carbocycles. The van der Waals surface area contributed by atoms with Gasteiger partial charge < -0.3 is 16.4 Å². The van der Waals surface area contributed by atoms with Gasteiger partial charge in [-0.3, -0.25) is 4.79 Å². The van der Waals surface area contributed by atoms with E-state index in [4.69, 9.17) is 17.3 Å². The quantitative estimate of drug-likeness (QED) is 0.659. The number of rotatable bonds is 4. The van der Waals surface area contributed by atoms with Crippen molar-refractivity contribution in [2.24, 2.45) is 5.73 Å². The molecule has 3 aromatic rings. The topological polar surface area (TPSA) is 92.9 Å². The van der Waals surface area contributed by atoms with Crippen LogP contribution in [-0.4, -0.2) is 35.0 Å². The molecule has 0 radical (unpaired) electrons. The normalized spacial score (nSPS) is 19.6. The van der Waals surface area contributed by atoms with Crippen molar-refractivity contribution in [3.8, 4) is 0 Å². The van der Waals surface area contributed by atoms with Gasteiger partial charge in [0.15, 0.2) is 0 Å². The zero-order valence-corrected chi connectivity index (χ0v) is 14.7. The van der Waals surface area contributed by atoms with E-state index in [9.17, 15) is 4.79 Å². The van der Waals surface area contributed by atoms with Crippen LogP contribution in [0.3, 0.4) is 0 Å². The summed E-state index contributed by atoms with van der Waals surface area (Å²) in [4.78, 5) is 20.3. The number of carbonyl (C=O) groups excluding carboxylic acids is 1. The van der Waals surface area contributed by atoms with E-state index in [1.54, 1.807) is 12.1 Å². The minimum atomic E-state index is -0.500. The van der Waals surface area contributed by atoms with Crippen LogP contribution in [0.4, 0.5) is 5.82 Å². The molecule has 0 unspecified atom stereocenters. The predicted molar refractivity (Wildman–Crippen MR) is 103 cm³/mol. The van der Waals surface area contributed by atoms with Crippen molar-refractivity contribution >= 4 is 34.2 Å². The number of para-hydroxylation sites is 1. The first-order chi connectivity index (χ1) is 12.6. The predicted octanol–water partition coefficient (Wildman–Crippen LogP) is 2.55. The molecule has 2 heterocycles. The van der Waals surface area contributed by atoms with Crippen molar-refractivity contribution in [1.29, 1.82) is 0 Å². The van der Waals surface area contributed by atoms with E-state index in [2.05, 4.69) is 26.7 Å². The van der Waals surface area contributed by atoms with Gasteiger partial charge in [-0.2, -0.15) is 0 Å². The Morgan fingerprint density at radius 1 is 1.19 bits per heavy atom. The van der Waals surface area contributed by atoms with Gasteiger partial charge >= 0.3 is 0 Å². The van der Waals surface area contributed by atoms with Gasteiger partial charge in [-0.15, -0.1) is 0 Å². The molecule has 2 aromatic carbocycles. The lowest BCUT2D eigenvalue weighted by Crippen LogP contribution is -2.27. The summed E-state index contributed by atoms with van der Waals surface area (Å²) in [5, 5.41) is 8.43. The first-order valence-electron chi connectivity index (χ1n) is 8.40. The SMILES string of the molecule is NC(=O)c1cccc2c(N[C@H]3CNC[C@@H]3c3cccc(Cl)c3)ncnc12. The molecule has 1 aromatic heterocycles. The first kappa shape index (κ1) is 16.8. The lowest BCUT2D eigenvalue weighted by molar-refractivity contribution is 0.100. The number of nitrogens with two attached hydrogens (primary N) is 1. The van der Waals surface area contributed by atoms with Crippen molar-refractivity contribution < 1.29 is 4.79 Å². The second-order valence-corrected chi connectivity index (χ2v) is 6.80. The molecular formula is C19H18ClN5O. The molecule has 7 heteroatoms. The lowest BCUT2D eigenvalue weighted by atomic mass is 9.94. The summed E-state index contributed by atoms with van der Waals surface area (Å²) in [6, 6.07) is 13.4. The van der Waals surface area contributed by atoms with Crippen LogP contribution in [0.2, 0.25) is 5.02 Å². The van der Waals surface area contributed by atoms with Gasteiger partial charge in [0.2, 0.25) is 0 Å². The number of halogens is 1. The zero-order chi connectivity index (χ0) is 18.1. The standard InChI is InChI=1S/C19H18ClN5O/c20-12-4-1-3-11(7-12)15-8-22-9-16(15)25-19-14-6-2-5-13(18(21)26)17(14)23-10-24-19/h1-7,10,15-16,22H,8-9H2,(H2,21,26)(H,23,24,25)/t15-,16+/m1/s1. The Morgan fingerprint density at radius 2 is 2.04 bits per heavy atom. The van der Waals surface area contributed by atoms with Gasteiger partial charge in [0.05, 0.1) is 11.1 Å². The van der Waals surface area contributed by atoms with Crippen LogP contribution in [0.1, 0.15) is 21.8 Å². The first-order valence-corrected chi connectivity index (χ1v) is 8.77. The molecular weight excluding hydrogens is 350 g/mol. The molecule has 0 bridgehead atoms. The molecule has 26 heavy (non-hydrogen) atoms. The number of fused-ring (bicyclic) bond motifs is 1. The molecule has 2 atom stereocenters. The van der Waals surface area contributed by atoms with Crippen molar-refractivity contribution in [2.45, 2.75) is 12.0 Å². The average Bonchev–Trinajstić information content (AvgIpc) is 3.09. The largest absolute Gasteiger partial charge is 0.366 e. The second-order valence-electron chi connectivity index (χ2n) is 6.36. The van der Waals surface area contributed by atoms with Crippen LogP contribution in [0.25, 0.3) is 10.9 Å². The zero-order valence-electron chi connectivity index (χ0n) is 13.9. The van der Waals surface area contributed by atoms with E-state index in [1.807, 2.05) is 24.3 Å². The molecule has 1 fully saturated rings. The third kappa shape index (κ3) is 3.09. The molecule has 1 saturated heterocycles. The maximum Gasteiger partial charge on any atom is 0.250 e. The number of benzene rings is 2. The van der Waals surface area contributed by atoms with Gasteiger partial charge in [0.25, 0.3) is 5.91 Å². The molecule has 132 valence electrons. The second kappa shape index (κ2) is 6.90. The number of primary amides is 1. The van der Waals surface area contributed by atoms with Gasteiger partial charge in [-0.05, 0) is 29.8 Å². The van der Waals surface area contributed by atoms with Crippen molar-refractivity contribution in [2.75, 3.05) is 18.4 Å². The van der Waals surface area contributed by atoms with Crippen molar-refractivity contribution in [1.82, 2.24) is 15.3 Å². The monoisotopic (exact) mass is 367 g/mol. The molecule has 6 nitrogen and oxygen atoms in total. The number of amides is 1. The van der Waals surface area contributed by atoms with E-state index in [1.165, 1.54) is 11.9 Å². The molecule has 4 N–H and O–H groups in total. The van der Waals surface area contributed by atoms with Gasteiger partial charge in [-0.1, -0.05) is 29.8 Å². The Hall–Kier alpha value is -2.70. The fourth-order valence-electron chi connectivity index (χ4n) is 3.49. The van der Waals surface area contributed by atoms with Crippen LogP contribution in [0.5, 0.6) is 0 Å². The smallest absolute Gasteiger partial charge is 0.250 e. The summed E-state index contributed by atoms with van der Waals surface area (Å²) >= 11 is 6.15. The fourth-order valence-corrected chi connectivity index (χ4v) is 3.69. The number of hydrogen-bond acceptors (Lipinski definition) is 5. The van der Waals surface area contributed by atoms with Crippen molar-refractivity contribution in [3.05, 3.63) is 64.9 Å². The number of nitrogens with one attached hydrogen (secondary N) is 2. The Kier molecular flexibility index (Phi) is 4.44. The molecule has 4 rings (SSSR count). The third-order valence-electron chi connectivity index (χ3n) is 4.74.